The SMILES string of the molecule is O=C[C@H]1O[C@@H](n2cnc3c(NCc4cccc(I)c4)nc(Cl)nc32)[C@H](O)[C@@H]1O. The number of carbonyl (C=O) groups is 1. The Morgan fingerprint density at radius 3 is 2.86 bits per heavy atom. The maximum atomic E-state index is 11.0. The summed E-state index contributed by atoms with van der Waals surface area (Å²) in [4.78, 5) is 23.7. The highest BCUT2D eigenvalue weighted by Gasteiger charge is 2.44. The molecule has 4 rings (SSSR count). The molecule has 3 aromatic rings. The Labute approximate surface area is 177 Å². The number of imidazole rings is 1. The van der Waals surface area contributed by atoms with E-state index in [4.69, 9.17) is 16.3 Å². The van der Waals surface area contributed by atoms with Gasteiger partial charge in [-0.05, 0) is 51.9 Å². The van der Waals surface area contributed by atoms with Crippen molar-refractivity contribution in [2.24, 2.45) is 0 Å². The average Bonchev–Trinajstić information content (AvgIpc) is 3.21. The molecule has 28 heavy (non-hydrogen) atoms. The first-order valence-electron chi connectivity index (χ1n) is 8.33. The second kappa shape index (κ2) is 7.87. The summed E-state index contributed by atoms with van der Waals surface area (Å²) in [5, 5.41) is 23.3. The third-order valence-corrected chi connectivity index (χ3v) is 5.27. The molecule has 1 aromatic carbocycles. The van der Waals surface area contributed by atoms with Gasteiger partial charge in [-0.2, -0.15) is 9.97 Å². The van der Waals surface area contributed by atoms with Crippen LogP contribution < -0.4 is 5.32 Å². The summed E-state index contributed by atoms with van der Waals surface area (Å²) in [5.74, 6) is 0.424. The molecule has 3 N–H and O–H groups in total. The quantitative estimate of drug-likeness (QED) is 0.266. The van der Waals surface area contributed by atoms with E-state index in [1.807, 2.05) is 24.3 Å². The molecule has 11 heteroatoms. The van der Waals surface area contributed by atoms with Crippen LogP contribution in [0.4, 0.5) is 5.82 Å². The highest BCUT2D eigenvalue weighted by Crippen LogP contribution is 2.32. The van der Waals surface area contributed by atoms with Crippen molar-refractivity contribution in [2.75, 3.05) is 5.32 Å². The second-order valence-electron chi connectivity index (χ2n) is 6.26. The Morgan fingerprint density at radius 2 is 2.14 bits per heavy atom. The van der Waals surface area contributed by atoms with E-state index in [0.29, 0.717) is 29.8 Å². The molecular formula is C17H15ClIN5O4. The lowest BCUT2D eigenvalue weighted by atomic mass is 10.1. The van der Waals surface area contributed by atoms with E-state index in [9.17, 15) is 15.0 Å². The number of hydrogen-bond acceptors (Lipinski definition) is 8. The van der Waals surface area contributed by atoms with Crippen molar-refractivity contribution >= 4 is 57.5 Å². The normalized spacial score (nSPS) is 24.6. The number of anilines is 1. The number of carbonyl (C=O) groups excluding carboxylic acids is 1. The zero-order valence-electron chi connectivity index (χ0n) is 14.2. The van der Waals surface area contributed by atoms with Crippen LogP contribution in [0.3, 0.4) is 0 Å². The number of rotatable bonds is 5. The van der Waals surface area contributed by atoms with Gasteiger partial charge in [0, 0.05) is 10.1 Å². The minimum atomic E-state index is -1.34. The van der Waals surface area contributed by atoms with Crippen LogP contribution in [0, 0.1) is 3.57 Å². The van der Waals surface area contributed by atoms with Crippen molar-refractivity contribution in [3.05, 3.63) is 45.0 Å². The summed E-state index contributed by atoms with van der Waals surface area (Å²) in [6.45, 7) is 0.501. The lowest BCUT2D eigenvalue weighted by molar-refractivity contribution is -0.122. The molecule has 3 heterocycles. The van der Waals surface area contributed by atoms with Crippen molar-refractivity contribution in [3.8, 4) is 0 Å². The maximum absolute atomic E-state index is 11.0. The predicted octanol–water partition coefficient (Wildman–Crippen LogP) is 1.51. The number of benzene rings is 1. The molecule has 2 aromatic heterocycles. The van der Waals surface area contributed by atoms with E-state index in [0.717, 1.165) is 9.13 Å². The number of nitrogens with zero attached hydrogens (tertiary/aromatic N) is 4. The van der Waals surface area contributed by atoms with Gasteiger partial charge in [0.2, 0.25) is 5.28 Å². The van der Waals surface area contributed by atoms with Crippen LogP contribution >= 0.6 is 34.2 Å². The first kappa shape index (κ1) is 19.5. The van der Waals surface area contributed by atoms with Crippen molar-refractivity contribution in [3.63, 3.8) is 0 Å². The summed E-state index contributed by atoms with van der Waals surface area (Å²) in [6.07, 6.45) is -2.96. The van der Waals surface area contributed by atoms with E-state index in [1.54, 1.807) is 0 Å². The number of aromatic nitrogens is 4. The van der Waals surface area contributed by atoms with Crippen molar-refractivity contribution in [1.82, 2.24) is 19.5 Å². The van der Waals surface area contributed by atoms with Crippen LogP contribution in [-0.4, -0.2) is 54.3 Å². The van der Waals surface area contributed by atoms with Gasteiger partial charge < -0.3 is 25.1 Å². The molecule has 0 spiro atoms. The van der Waals surface area contributed by atoms with Crippen LogP contribution in [0.25, 0.3) is 11.2 Å². The fraction of sp³-hybridized carbons (Fsp3) is 0.294. The van der Waals surface area contributed by atoms with Gasteiger partial charge in [0.05, 0.1) is 6.33 Å². The van der Waals surface area contributed by atoms with E-state index >= 15 is 0 Å². The van der Waals surface area contributed by atoms with Crippen LogP contribution in [-0.2, 0) is 16.1 Å². The molecule has 0 amide bonds. The lowest BCUT2D eigenvalue weighted by Gasteiger charge is -2.16. The Hall–Kier alpha value is -1.86. The standard InChI is InChI=1S/C17H15ClIN5O4/c18-17-22-14(20-5-8-2-1-3-9(19)4-8)11-15(23-17)24(7-21-11)16-13(27)12(26)10(6-25)28-16/h1-4,6-7,10,12-13,16,26-27H,5H2,(H,20,22,23)/t10-,12-,13-,16-/m1/s1. The highest BCUT2D eigenvalue weighted by molar-refractivity contribution is 14.1. The molecule has 0 saturated carbocycles. The fourth-order valence-corrected chi connectivity index (χ4v) is 3.83. The summed E-state index contributed by atoms with van der Waals surface area (Å²) in [6, 6.07) is 7.98. The molecule has 1 aliphatic heterocycles. The average molecular weight is 516 g/mol. The van der Waals surface area contributed by atoms with E-state index in [-0.39, 0.29) is 5.28 Å². The van der Waals surface area contributed by atoms with Gasteiger partial charge in [-0.1, -0.05) is 12.1 Å². The fourth-order valence-electron chi connectivity index (χ4n) is 3.06. The van der Waals surface area contributed by atoms with Crippen molar-refractivity contribution in [2.45, 2.75) is 31.1 Å². The van der Waals surface area contributed by atoms with E-state index in [2.05, 4.69) is 42.9 Å². The Kier molecular flexibility index (Phi) is 5.47. The van der Waals surface area contributed by atoms with Crippen LogP contribution in [0.2, 0.25) is 5.28 Å². The largest absolute Gasteiger partial charge is 0.387 e. The Bertz CT molecular complexity index is 1030. The minimum Gasteiger partial charge on any atom is -0.387 e. The van der Waals surface area contributed by atoms with Crippen LogP contribution in [0.5, 0.6) is 0 Å². The van der Waals surface area contributed by atoms with Gasteiger partial charge in [0.15, 0.2) is 29.5 Å². The van der Waals surface area contributed by atoms with E-state index < -0.39 is 24.5 Å². The molecule has 9 nitrogen and oxygen atoms in total. The number of aliphatic hydroxyl groups is 2. The number of halogens is 2. The molecule has 4 atom stereocenters. The number of aliphatic hydroxyl groups excluding tert-OH is 2. The number of ether oxygens (including phenoxy) is 1. The summed E-state index contributed by atoms with van der Waals surface area (Å²) >= 11 is 8.31. The number of hydrogen-bond donors (Lipinski definition) is 3. The van der Waals surface area contributed by atoms with Gasteiger partial charge in [0.1, 0.15) is 18.3 Å². The summed E-state index contributed by atoms with van der Waals surface area (Å²) < 4.78 is 7.98. The van der Waals surface area contributed by atoms with E-state index in [1.165, 1.54) is 10.9 Å². The zero-order valence-corrected chi connectivity index (χ0v) is 17.1. The van der Waals surface area contributed by atoms with Crippen LogP contribution in [0.1, 0.15) is 11.8 Å². The number of aldehydes is 1. The van der Waals surface area contributed by atoms with Gasteiger partial charge in [-0.3, -0.25) is 4.57 Å². The molecule has 0 aliphatic carbocycles. The highest BCUT2D eigenvalue weighted by atomic mass is 127. The molecular weight excluding hydrogens is 501 g/mol. The van der Waals surface area contributed by atoms with Gasteiger partial charge in [0.25, 0.3) is 0 Å². The van der Waals surface area contributed by atoms with Crippen LogP contribution in [0.15, 0.2) is 30.6 Å². The molecule has 1 fully saturated rings. The molecule has 1 saturated heterocycles. The molecule has 0 radical (unpaired) electrons. The minimum absolute atomic E-state index is 0.0145. The van der Waals surface area contributed by atoms with Crippen molar-refractivity contribution < 1.29 is 19.7 Å². The number of nitrogens with one attached hydrogen (secondary N) is 1. The van der Waals surface area contributed by atoms with Gasteiger partial charge >= 0.3 is 0 Å². The predicted molar refractivity (Wildman–Crippen MR) is 109 cm³/mol. The molecule has 1 aliphatic rings. The first-order valence-corrected chi connectivity index (χ1v) is 9.79. The molecule has 0 bridgehead atoms. The number of fused-ring (bicyclic) bond motifs is 1. The zero-order chi connectivity index (χ0) is 19.8. The van der Waals surface area contributed by atoms with Gasteiger partial charge in [-0.15, -0.1) is 0 Å². The topological polar surface area (TPSA) is 122 Å². The van der Waals surface area contributed by atoms with Gasteiger partial charge in [-0.25, -0.2) is 4.98 Å². The molecule has 0 unspecified atom stereocenters. The smallest absolute Gasteiger partial charge is 0.226 e. The monoisotopic (exact) mass is 515 g/mol. The Balaban J connectivity index is 1.66. The first-order chi connectivity index (χ1) is 13.5. The second-order valence-corrected chi connectivity index (χ2v) is 7.84. The summed E-state index contributed by atoms with van der Waals surface area (Å²) in [7, 11) is 0. The maximum Gasteiger partial charge on any atom is 0.226 e. The molecule has 146 valence electrons. The summed E-state index contributed by atoms with van der Waals surface area (Å²) in [5.41, 5.74) is 1.79. The van der Waals surface area contributed by atoms with Crippen molar-refractivity contribution in [1.29, 1.82) is 0 Å². The third-order valence-electron chi connectivity index (χ3n) is 4.43. The lowest BCUT2D eigenvalue weighted by Crippen LogP contribution is -2.32. The third kappa shape index (κ3) is 3.57. The Morgan fingerprint density at radius 1 is 1.32 bits per heavy atom.